The molecular weight excluding hydrogens is 973 g/mol. The van der Waals surface area contributed by atoms with E-state index < -0.39 is 6.10 Å². The van der Waals surface area contributed by atoms with E-state index >= 15 is 0 Å². The summed E-state index contributed by atoms with van der Waals surface area (Å²) in [5.74, 6) is -0.871. The van der Waals surface area contributed by atoms with Crippen LogP contribution in [-0.2, 0) is 28.6 Å². The molecule has 0 aliphatic heterocycles. The fraction of sp³-hybridized carbons (Fsp3) is 0.849. The number of hydrogen-bond donors (Lipinski definition) is 0. The van der Waals surface area contributed by atoms with Crippen LogP contribution in [0.4, 0.5) is 0 Å². The number of unbranched alkanes of at least 4 members (excludes halogenated alkanes) is 46. The third kappa shape index (κ3) is 66.1. The summed E-state index contributed by atoms with van der Waals surface area (Å²) in [7, 11) is 0. The maximum absolute atomic E-state index is 13.0. The van der Waals surface area contributed by atoms with Crippen molar-refractivity contribution in [1.82, 2.24) is 0 Å². The highest BCUT2D eigenvalue weighted by atomic mass is 16.6. The van der Waals surface area contributed by atoms with Gasteiger partial charge in [-0.1, -0.05) is 352 Å². The Morgan fingerprint density at radius 3 is 0.772 bits per heavy atom. The molecule has 0 amide bonds. The summed E-state index contributed by atoms with van der Waals surface area (Å²) in [6.07, 6.45) is 85.7. The molecule has 0 saturated heterocycles. The summed E-state index contributed by atoms with van der Waals surface area (Å²) in [6.45, 7) is 6.59. The number of esters is 3. The Hall–Kier alpha value is -2.63. The fourth-order valence-corrected chi connectivity index (χ4v) is 10.6. The van der Waals surface area contributed by atoms with Crippen molar-refractivity contribution in [3.05, 3.63) is 48.6 Å². The second-order valence-corrected chi connectivity index (χ2v) is 23.8. The summed E-state index contributed by atoms with van der Waals surface area (Å²) in [5.41, 5.74) is 0. The van der Waals surface area contributed by atoms with Crippen molar-refractivity contribution in [2.75, 3.05) is 13.2 Å². The standard InChI is InChI=1S/C73H134O6/c1-4-7-10-13-16-19-22-25-28-31-33-35-36-38-39-42-45-48-51-54-57-60-63-66-72(75)78-69-70(68-77-71(74)65-62-59-56-53-50-47-44-41-30-27-24-21-18-15-12-9-6-3)79-73(76)67-64-61-58-55-52-49-46-43-40-37-34-32-29-26-23-20-17-14-11-8-5-2/h9,12,18,21,27,30,44,47,70H,4-8,10-11,13-17,19-20,22-26,28-29,31-43,45-46,48-69H2,1-3H3/b12-9-,21-18-,30-27-,47-44-. The Balaban J connectivity index is 4.31. The van der Waals surface area contributed by atoms with E-state index in [9.17, 15) is 14.4 Å². The van der Waals surface area contributed by atoms with Gasteiger partial charge in [-0.05, 0) is 57.8 Å². The van der Waals surface area contributed by atoms with Gasteiger partial charge in [-0.25, -0.2) is 0 Å². The summed E-state index contributed by atoms with van der Waals surface area (Å²) < 4.78 is 17.0. The van der Waals surface area contributed by atoms with E-state index in [1.165, 1.54) is 244 Å². The number of carbonyl (C=O) groups is 3. The van der Waals surface area contributed by atoms with Gasteiger partial charge in [0.15, 0.2) is 6.10 Å². The fourth-order valence-electron chi connectivity index (χ4n) is 10.6. The van der Waals surface area contributed by atoms with Crippen LogP contribution < -0.4 is 0 Å². The van der Waals surface area contributed by atoms with Gasteiger partial charge in [-0.3, -0.25) is 14.4 Å². The van der Waals surface area contributed by atoms with Crippen molar-refractivity contribution in [2.45, 2.75) is 386 Å². The first-order chi connectivity index (χ1) is 39.0. The number of ether oxygens (including phenoxy) is 3. The predicted molar refractivity (Wildman–Crippen MR) is 344 cm³/mol. The molecule has 1 atom stereocenters. The molecule has 79 heavy (non-hydrogen) atoms. The van der Waals surface area contributed by atoms with Gasteiger partial charge in [0.25, 0.3) is 0 Å². The van der Waals surface area contributed by atoms with Crippen molar-refractivity contribution in [1.29, 1.82) is 0 Å². The zero-order chi connectivity index (χ0) is 57.1. The van der Waals surface area contributed by atoms with E-state index in [1.54, 1.807) is 0 Å². The van der Waals surface area contributed by atoms with E-state index in [4.69, 9.17) is 14.2 Å². The molecule has 1 unspecified atom stereocenters. The maximum Gasteiger partial charge on any atom is 0.306 e. The van der Waals surface area contributed by atoms with Crippen molar-refractivity contribution in [2.24, 2.45) is 0 Å². The van der Waals surface area contributed by atoms with Gasteiger partial charge in [-0.15, -0.1) is 0 Å². The molecule has 0 aliphatic carbocycles. The molecule has 0 aromatic carbocycles. The molecule has 0 saturated carbocycles. The van der Waals surface area contributed by atoms with Crippen LogP contribution in [0.25, 0.3) is 0 Å². The molecular formula is C73H134O6. The Bertz CT molecular complexity index is 1360. The molecule has 0 aromatic rings. The first kappa shape index (κ1) is 76.4. The summed E-state index contributed by atoms with van der Waals surface area (Å²) in [5, 5.41) is 0. The van der Waals surface area contributed by atoms with Crippen LogP contribution in [0.5, 0.6) is 0 Å². The zero-order valence-corrected chi connectivity index (χ0v) is 53.2. The first-order valence-corrected chi connectivity index (χ1v) is 35.1. The summed E-state index contributed by atoms with van der Waals surface area (Å²) in [4.78, 5) is 38.5. The quantitative estimate of drug-likeness (QED) is 0.0261. The molecule has 0 spiro atoms. The highest BCUT2D eigenvalue weighted by Gasteiger charge is 2.19. The minimum Gasteiger partial charge on any atom is -0.462 e. The number of carbonyl (C=O) groups excluding carboxylic acids is 3. The number of hydrogen-bond acceptors (Lipinski definition) is 6. The SMILES string of the molecule is CC/C=C\C/C=C\C/C=C\C/C=C\CCCCCCC(=O)OCC(COC(=O)CCCCCCCCCCCCCCCCCCCCCCCCC)OC(=O)CCCCCCCCCCCCCCCCCCCCCCC. The van der Waals surface area contributed by atoms with Crippen molar-refractivity contribution in [3.63, 3.8) is 0 Å². The van der Waals surface area contributed by atoms with Gasteiger partial charge in [0.2, 0.25) is 0 Å². The van der Waals surface area contributed by atoms with Crippen LogP contribution in [-0.4, -0.2) is 37.2 Å². The van der Waals surface area contributed by atoms with Crippen LogP contribution in [0, 0.1) is 0 Å². The molecule has 6 heteroatoms. The van der Waals surface area contributed by atoms with Gasteiger partial charge >= 0.3 is 17.9 Å². The zero-order valence-electron chi connectivity index (χ0n) is 53.2. The first-order valence-electron chi connectivity index (χ1n) is 35.1. The second-order valence-electron chi connectivity index (χ2n) is 23.8. The van der Waals surface area contributed by atoms with E-state index in [0.717, 1.165) is 96.3 Å². The van der Waals surface area contributed by atoms with Gasteiger partial charge in [-0.2, -0.15) is 0 Å². The molecule has 0 aromatic heterocycles. The van der Waals surface area contributed by atoms with E-state index in [0.29, 0.717) is 19.3 Å². The summed E-state index contributed by atoms with van der Waals surface area (Å²) >= 11 is 0. The Morgan fingerprint density at radius 1 is 0.266 bits per heavy atom. The minimum absolute atomic E-state index is 0.0756. The number of rotatable bonds is 65. The maximum atomic E-state index is 13.0. The van der Waals surface area contributed by atoms with Crippen LogP contribution in [0.1, 0.15) is 380 Å². The smallest absolute Gasteiger partial charge is 0.306 e. The van der Waals surface area contributed by atoms with Crippen LogP contribution in [0.2, 0.25) is 0 Å². The van der Waals surface area contributed by atoms with Crippen LogP contribution in [0.3, 0.4) is 0 Å². The lowest BCUT2D eigenvalue weighted by Crippen LogP contribution is -2.30. The molecule has 0 bridgehead atoms. The average molecular weight is 1110 g/mol. The third-order valence-corrected chi connectivity index (χ3v) is 15.8. The lowest BCUT2D eigenvalue weighted by molar-refractivity contribution is -0.167. The Morgan fingerprint density at radius 2 is 0.494 bits per heavy atom. The van der Waals surface area contributed by atoms with Gasteiger partial charge < -0.3 is 14.2 Å². The van der Waals surface area contributed by atoms with Gasteiger partial charge in [0.05, 0.1) is 0 Å². The van der Waals surface area contributed by atoms with E-state index in [-0.39, 0.29) is 31.1 Å². The molecule has 0 rings (SSSR count). The normalized spacial score (nSPS) is 12.3. The summed E-state index contributed by atoms with van der Waals surface area (Å²) in [6, 6.07) is 0. The third-order valence-electron chi connectivity index (χ3n) is 15.8. The largest absolute Gasteiger partial charge is 0.462 e. The van der Waals surface area contributed by atoms with Crippen LogP contribution in [0.15, 0.2) is 48.6 Å². The molecule has 0 radical (unpaired) electrons. The lowest BCUT2D eigenvalue weighted by Gasteiger charge is -2.18. The van der Waals surface area contributed by atoms with Crippen molar-refractivity contribution in [3.8, 4) is 0 Å². The molecule has 0 aliphatic rings. The highest BCUT2D eigenvalue weighted by molar-refractivity contribution is 5.71. The van der Waals surface area contributed by atoms with Crippen LogP contribution >= 0.6 is 0 Å². The topological polar surface area (TPSA) is 78.9 Å². The Kier molecular flexibility index (Phi) is 65.6. The molecule has 6 nitrogen and oxygen atoms in total. The molecule has 0 heterocycles. The Labute approximate surface area is 492 Å². The van der Waals surface area contributed by atoms with Gasteiger partial charge in [0, 0.05) is 19.3 Å². The second kappa shape index (κ2) is 67.9. The van der Waals surface area contributed by atoms with Gasteiger partial charge in [0.1, 0.15) is 13.2 Å². The van der Waals surface area contributed by atoms with E-state index in [2.05, 4.69) is 69.4 Å². The highest BCUT2D eigenvalue weighted by Crippen LogP contribution is 2.19. The van der Waals surface area contributed by atoms with Crippen molar-refractivity contribution < 1.29 is 28.6 Å². The number of allylic oxidation sites excluding steroid dienone is 8. The average Bonchev–Trinajstić information content (AvgIpc) is 3.45. The minimum atomic E-state index is -0.782. The lowest BCUT2D eigenvalue weighted by atomic mass is 10.0. The van der Waals surface area contributed by atoms with E-state index in [1.807, 2.05) is 0 Å². The molecule has 0 N–H and O–H groups in total. The molecule has 462 valence electrons. The van der Waals surface area contributed by atoms with Crippen molar-refractivity contribution >= 4 is 17.9 Å². The molecule has 0 fully saturated rings. The predicted octanol–water partition coefficient (Wildman–Crippen LogP) is 24.1. The monoisotopic (exact) mass is 1110 g/mol.